The SMILES string of the molecule is COC(=O)c1cccc(CSc2nc(N)c(C#N)c(C(C)C)n2)c1. The Bertz CT molecular complexity index is 800. The van der Waals surface area contributed by atoms with Crippen LogP contribution in [0.1, 0.15) is 46.9 Å². The third-order valence-corrected chi connectivity index (χ3v) is 4.24. The van der Waals surface area contributed by atoms with Crippen LogP contribution in [-0.2, 0) is 10.5 Å². The summed E-state index contributed by atoms with van der Waals surface area (Å²) in [5.74, 6) is 0.477. The molecule has 0 atom stereocenters. The van der Waals surface area contributed by atoms with Crippen molar-refractivity contribution in [3.8, 4) is 6.07 Å². The van der Waals surface area contributed by atoms with Gasteiger partial charge in [-0.1, -0.05) is 37.7 Å². The topological polar surface area (TPSA) is 102 Å². The molecule has 0 radical (unpaired) electrons. The molecule has 124 valence electrons. The third-order valence-electron chi connectivity index (χ3n) is 3.32. The average molecular weight is 342 g/mol. The molecule has 2 rings (SSSR count). The number of carbonyl (C=O) groups is 1. The fraction of sp³-hybridized carbons (Fsp3) is 0.294. The molecule has 0 unspecified atom stereocenters. The predicted octanol–water partition coefficient (Wildman–Crippen LogP) is 3.13. The summed E-state index contributed by atoms with van der Waals surface area (Å²) in [5, 5.41) is 9.70. The van der Waals surface area contributed by atoms with Crippen molar-refractivity contribution in [1.82, 2.24) is 9.97 Å². The molecule has 1 heterocycles. The van der Waals surface area contributed by atoms with Crippen molar-refractivity contribution in [2.24, 2.45) is 0 Å². The van der Waals surface area contributed by atoms with E-state index in [9.17, 15) is 10.1 Å². The average Bonchev–Trinajstić information content (AvgIpc) is 2.58. The Kier molecular flexibility index (Phi) is 5.77. The Balaban J connectivity index is 2.21. The highest BCUT2D eigenvalue weighted by Crippen LogP contribution is 2.26. The highest BCUT2D eigenvalue weighted by molar-refractivity contribution is 7.98. The normalized spacial score (nSPS) is 10.5. The van der Waals surface area contributed by atoms with E-state index in [1.54, 1.807) is 18.2 Å². The van der Waals surface area contributed by atoms with E-state index in [0.717, 1.165) is 5.56 Å². The van der Waals surface area contributed by atoms with Gasteiger partial charge in [0.15, 0.2) is 5.16 Å². The molecule has 0 aliphatic carbocycles. The van der Waals surface area contributed by atoms with Crippen molar-refractivity contribution in [2.45, 2.75) is 30.7 Å². The van der Waals surface area contributed by atoms with Crippen LogP contribution in [0.2, 0.25) is 0 Å². The lowest BCUT2D eigenvalue weighted by molar-refractivity contribution is 0.0600. The van der Waals surface area contributed by atoms with Gasteiger partial charge in [-0.25, -0.2) is 14.8 Å². The minimum atomic E-state index is -0.372. The second kappa shape index (κ2) is 7.79. The zero-order valence-corrected chi connectivity index (χ0v) is 14.6. The maximum atomic E-state index is 11.6. The molecule has 0 spiro atoms. The van der Waals surface area contributed by atoms with Gasteiger partial charge >= 0.3 is 5.97 Å². The number of methoxy groups -OCH3 is 1. The van der Waals surface area contributed by atoms with E-state index in [-0.39, 0.29) is 17.7 Å². The molecule has 0 saturated carbocycles. The molecule has 24 heavy (non-hydrogen) atoms. The largest absolute Gasteiger partial charge is 0.465 e. The number of nitriles is 1. The zero-order chi connectivity index (χ0) is 17.7. The van der Waals surface area contributed by atoms with Crippen molar-refractivity contribution in [3.05, 3.63) is 46.6 Å². The summed E-state index contributed by atoms with van der Waals surface area (Å²) in [5.41, 5.74) is 8.30. The van der Waals surface area contributed by atoms with Gasteiger partial charge in [0.25, 0.3) is 0 Å². The molecule has 0 bridgehead atoms. The molecular weight excluding hydrogens is 324 g/mol. The number of aromatic nitrogens is 2. The number of anilines is 1. The van der Waals surface area contributed by atoms with Gasteiger partial charge in [0.2, 0.25) is 0 Å². The number of esters is 1. The molecule has 2 N–H and O–H groups in total. The smallest absolute Gasteiger partial charge is 0.337 e. The second-order valence-electron chi connectivity index (χ2n) is 5.40. The van der Waals surface area contributed by atoms with Gasteiger partial charge in [-0.05, 0) is 23.6 Å². The van der Waals surface area contributed by atoms with Crippen LogP contribution in [0.15, 0.2) is 29.4 Å². The maximum absolute atomic E-state index is 11.6. The van der Waals surface area contributed by atoms with Crippen LogP contribution in [0.4, 0.5) is 5.82 Å². The molecule has 6 nitrogen and oxygen atoms in total. The fourth-order valence-electron chi connectivity index (χ4n) is 2.12. The third kappa shape index (κ3) is 4.03. The molecular formula is C17H18N4O2S. The van der Waals surface area contributed by atoms with E-state index < -0.39 is 0 Å². The van der Waals surface area contributed by atoms with Crippen LogP contribution in [0.25, 0.3) is 0 Å². The first-order valence-corrected chi connectivity index (χ1v) is 8.32. The first-order chi connectivity index (χ1) is 11.5. The number of carbonyl (C=O) groups excluding carboxylic acids is 1. The quantitative estimate of drug-likeness (QED) is 0.506. The van der Waals surface area contributed by atoms with Crippen LogP contribution in [-0.4, -0.2) is 23.0 Å². The van der Waals surface area contributed by atoms with Crippen LogP contribution in [0.3, 0.4) is 0 Å². The molecule has 0 aliphatic rings. The number of ether oxygens (including phenoxy) is 1. The number of thioether (sulfide) groups is 1. The van der Waals surface area contributed by atoms with Gasteiger partial charge in [0, 0.05) is 5.75 Å². The number of benzene rings is 1. The van der Waals surface area contributed by atoms with Gasteiger partial charge in [0.1, 0.15) is 17.5 Å². The number of hydrogen-bond acceptors (Lipinski definition) is 7. The molecule has 0 fully saturated rings. The summed E-state index contributed by atoms with van der Waals surface area (Å²) in [6.07, 6.45) is 0. The minimum Gasteiger partial charge on any atom is -0.465 e. The van der Waals surface area contributed by atoms with E-state index >= 15 is 0 Å². The van der Waals surface area contributed by atoms with Gasteiger partial charge in [-0.3, -0.25) is 0 Å². The number of rotatable bonds is 5. The van der Waals surface area contributed by atoms with Crippen LogP contribution in [0, 0.1) is 11.3 Å². The molecule has 1 aromatic carbocycles. The van der Waals surface area contributed by atoms with Crippen molar-refractivity contribution in [1.29, 1.82) is 5.26 Å². The highest BCUT2D eigenvalue weighted by atomic mass is 32.2. The van der Waals surface area contributed by atoms with Gasteiger partial charge in [-0.2, -0.15) is 5.26 Å². The minimum absolute atomic E-state index is 0.0759. The van der Waals surface area contributed by atoms with E-state index in [1.165, 1.54) is 18.9 Å². The lowest BCUT2D eigenvalue weighted by atomic mass is 10.1. The maximum Gasteiger partial charge on any atom is 0.337 e. The van der Waals surface area contributed by atoms with Crippen molar-refractivity contribution < 1.29 is 9.53 Å². The number of nitrogens with zero attached hydrogens (tertiary/aromatic N) is 3. The number of hydrogen-bond donors (Lipinski definition) is 1. The summed E-state index contributed by atoms with van der Waals surface area (Å²) < 4.78 is 4.72. The summed E-state index contributed by atoms with van der Waals surface area (Å²) in [4.78, 5) is 20.2. The molecule has 0 saturated heterocycles. The van der Waals surface area contributed by atoms with Gasteiger partial charge < -0.3 is 10.5 Å². The highest BCUT2D eigenvalue weighted by Gasteiger charge is 2.15. The first-order valence-electron chi connectivity index (χ1n) is 7.33. The number of nitrogen functional groups attached to an aromatic ring is 1. The van der Waals surface area contributed by atoms with Crippen molar-refractivity contribution in [2.75, 3.05) is 12.8 Å². The first kappa shape index (κ1) is 17.8. The predicted molar refractivity (Wildman–Crippen MR) is 92.6 cm³/mol. The van der Waals surface area contributed by atoms with E-state index in [0.29, 0.717) is 27.7 Å². The molecule has 1 aromatic heterocycles. The van der Waals surface area contributed by atoms with E-state index in [1.807, 2.05) is 19.9 Å². The summed E-state index contributed by atoms with van der Waals surface area (Å²) >= 11 is 1.40. The summed E-state index contributed by atoms with van der Waals surface area (Å²) in [7, 11) is 1.35. The van der Waals surface area contributed by atoms with Crippen molar-refractivity contribution in [3.63, 3.8) is 0 Å². The molecule has 7 heteroatoms. The van der Waals surface area contributed by atoms with E-state index in [4.69, 9.17) is 10.5 Å². The zero-order valence-electron chi connectivity index (χ0n) is 13.7. The Hall–Kier alpha value is -2.59. The monoisotopic (exact) mass is 342 g/mol. The number of nitrogens with two attached hydrogens (primary N) is 1. The molecule has 0 amide bonds. The van der Waals surface area contributed by atoms with Gasteiger partial charge in [-0.15, -0.1) is 0 Å². The van der Waals surface area contributed by atoms with E-state index in [2.05, 4.69) is 16.0 Å². The summed E-state index contributed by atoms with van der Waals surface area (Å²) in [6, 6.07) is 9.25. The second-order valence-corrected chi connectivity index (χ2v) is 6.34. The lowest BCUT2D eigenvalue weighted by Crippen LogP contribution is -2.06. The standard InChI is InChI=1S/C17H18N4O2S/c1-10(2)14-13(8-18)15(19)21-17(20-14)24-9-11-5-4-6-12(7-11)16(22)23-3/h4-7,10H,9H2,1-3H3,(H2,19,20,21). The lowest BCUT2D eigenvalue weighted by Gasteiger charge is -2.11. The Morgan fingerprint density at radius 1 is 1.42 bits per heavy atom. The summed E-state index contributed by atoms with van der Waals surface area (Å²) in [6.45, 7) is 3.91. The Labute approximate surface area is 145 Å². The Morgan fingerprint density at radius 3 is 2.79 bits per heavy atom. The fourth-order valence-corrected chi connectivity index (χ4v) is 2.93. The van der Waals surface area contributed by atoms with Crippen molar-refractivity contribution >= 4 is 23.5 Å². The molecule has 2 aromatic rings. The molecule has 0 aliphatic heterocycles. The van der Waals surface area contributed by atoms with Gasteiger partial charge in [0.05, 0.1) is 18.4 Å². The van der Waals surface area contributed by atoms with Crippen LogP contribution >= 0.6 is 11.8 Å². The van der Waals surface area contributed by atoms with Crippen LogP contribution < -0.4 is 5.73 Å². The Morgan fingerprint density at radius 2 is 2.17 bits per heavy atom. The van der Waals surface area contributed by atoms with Crippen LogP contribution in [0.5, 0.6) is 0 Å².